The molecule has 6 nitrogen and oxygen atoms in total. The molecule has 0 radical (unpaired) electrons. The quantitative estimate of drug-likeness (QED) is 0.797. The van der Waals surface area contributed by atoms with E-state index in [1.165, 1.54) is 4.31 Å². The van der Waals surface area contributed by atoms with E-state index in [2.05, 4.69) is 9.88 Å². The van der Waals surface area contributed by atoms with Crippen LogP contribution < -0.4 is 10.6 Å². The smallest absolute Gasteiger partial charge is 0.215 e. The van der Waals surface area contributed by atoms with Crippen molar-refractivity contribution in [1.82, 2.24) is 9.29 Å². The van der Waals surface area contributed by atoms with E-state index in [1.54, 1.807) is 6.20 Å². The highest BCUT2D eigenvalue weighted by atomic mass is 32.2. The molecule has 0 saturated carbocycles. The molecule has 100 valence electrons. The van der Waals surface area contributed by atoms with Crippen LogP contribution in [-0.4, -0.2) is 56.2 Å². The second-order valence-electron chi connectivity index (χ2n) is 4.18. The van der Waals surface area contributed by atoms with E-state index >= 15 is 0 Å². The van der Waals surface area contributed by atoms with Gasteiger partial charge in [-0.25, -0.2) is 13.4 Å². The van der Waals surface area contributed by atoms with Gasteiger partial charge in [-0.15, -0.1) is 0 Å². The average molecular weight is 270 g/mol. The van der Waals surface area contributed by atoms with E-state index in [0.29, 0.717) is 26.2 Å². The molecule has 0 bridgehead atoms. The summed E-state index contributed by atoms with van der Waals surface area (Å²) in [7, 11) is -3.18. The summed E-state index contributed by atoms with van der Waals surface area (Å²) in [5, 5.41) is 0. The molecule has 2 heterocycles. The molecule has 2 N–H and O–H groups in total. The predicted octanol–water partition coefficient (Wildman–Crippen LogP) is -0.508. The van der Waals surface area contributed by atoms with Crippen LogP contribution in [0.2, 0.25) is 0 Å². The number of pyridine rings is 1. The second-order valence-corrected chi connectivity index (χ2v) is 6.27. The van der Waals surface area contributed by atoms with E-state index < -0.39 is 10.0 Å². The van der Waals surface area contributed by atoms with Gasteiger partial charge in [-0.1, -0.05) is 6.07 Å². The Labute approximate surface area is 107 Å². The van der Waals surface area contributed by atoms with Crippen molar-refractivity contribution in [2.45, 2.75) is 0 Å². The molecule has 1 aromatic rings. The van der Waals surface area contributed by atoms with Crippen LogP contribution >= 0.6 is 0 Å². The van der Waals surface area contributed by atoms with Gasteiger partial charge in [0.2, 0.25) is 10.0 Å². The maximum Gasteiger partial charge on any atom is 0.215 e. The fraction of sp³-hybridized carbons (Fsp3) is 0.545. The van der Waals surface area contributed by atoms with Crippen LogP contribution in [0, 0.1) is 0 Å². The van der Waals surface area contributed by atoms with E-state index in [9.17, 15) is 8.42 Å². The number of nitrogens with zero attached hydrogens (tertiary/aromatic N) is 3. The Balaban J connectivity index is 1.97. The number of hydrogen-bond acceptors (Lipinski definition) is 5. The molecule has 0 unspecified atom stereocenters. The summed E-state index contributed by atoms with van der Waals surface area (Å²) in [4.78, 5) is 6.36. The van der Waals surface area contributed by atoms with Crippen LogP contribution in [0.1, 0.15) is 0 Å². The van der Waals surface area contributed by atoms with Crippen molar-refractivity contribution >= 4 is 15.8 Å². The summed E-state index contributed by atoms with van der Waals surface area (Å²) in [6, 6.07) is 5.73. The fourth-order valence-electron chi connectivity index (χ4n) is 2.01. The number of sulfonamides is 1. The molecule has 1 aliphatic heterocycles. The van der Waals surface area contributed by atoms with Crippen LogP contribution in [0.5, 0.6) is 0 Å². The van der Waals surface area contributed by atoms with E-state index in [0.717, 1.165) is 5.82 Å². The van der Waals surface area contributed by atoms with Crippen molar-refractivity contribution in [3.63, 3.8) is 0 Å². The maximum atomic E-state index is 11.8. The van der Waals surface area contributed by atoms with Gasteiger partial charge in [0.25, 0.3) is 0 Å². The topological polar surface area (TPSA) is 79.5 Å². The third-order valence-electron chi connectivity index (χ3n) is 2.98. The molecule has 2 rings (SSSR count). The lowest BCUT2D eigenvalue weighted by Crippen LogP contribution is -2.50. The zero-order valence-electron chi connectivity index (χ0n) is 10.2. The monoisotopic (exact) mass is 270 g/mol. The lowest BCUT2D eigenvalue weighted by atomic mass is 10.3. The van der Waals surface area contributed by atoms with Crippen LogP contribution in [0.3, 0.4) is 0 Å². The summed E-state index contributed by atoms with van der Waals surface area (Å²) in [5.74, 6) is 0.921. The summed E-state index contributed by atoms with van der Waals surface area (Å²) in [6.07, 6.45) is 1.74. The van der Waals surface area contributed by atoms with Crippen LogP contribution in [0.25, 0.3) is 0 Å². The Kier molecular flexibility index (Phi) is 4.15. The predicted molar refractivity (Wildman–Crippen MR) is 70.9 cm³/mol. The van der Waals surface area contributed by atoms with Crippen LogP contribution in [-0.2, 0) is 10.0 Å². The number of rotatable bonds is 4. The summed E-state index contributed by atoms with van der Waals surface area (Å²) >= 11 is 0. The van der Waals surface area contributed by atoms with E-state index in [4.69, 9.17) is 5.73 Å². The van der Waals surface area contributed by atoms with Crippen molar-refractivity contribution in [3.05, 3.63) is 24.4 Å². The standard InChI is InChI=1S/C11H18N4O2S/c12-4-10-18(16,17)15-8-6-14(7-9-15)11-3-1-2-5-13-11/h1-3,5H,4,6-10,12H2. The Bertz CT molecular complexity index is 469. The van der Waals surface area contributed by atoms with Gasteiger partial charge in [0.15, 0.2) is 0 Å². The van der Waals surface area contributed by atoms with E-state index in [-0.39, 0.29) is 12.3 Å². The van der Waals surface area contributed by atoms with Gasteiger partial charge in [0.05, 0.1) is 5.75 Å². The zero-order valence-corrected chi connectivity index (χ0v) is 11.0. The lowest BCUT2D eigenvalue weighted by molar-refractivity contribution is 0.384. The largest absolute Gasteiger partial charge is 0.354 e. The van der Waals surface area contributed by atoms with Crippen molar-refractivity contribution in [3.8, 4) is 0 Å². The molecule has 0 spiro atoms. The summed E-state index contributed by atoms with van der Waals surface area (Å²) in [6.45, 7) is 2.50. The van der Waals surface area contributed by atoms with E-state index in [1.807, 2.05) is 18.2 Å². The lowest BCUT2D eigenvalue weighted by Gasteiger charge is -2.34. The highest BCUT2D eigenvalue weighted by Crippen LogP contribution is 2.14. The van der Waals surface area contributed by atoms with Gasteiger partial charge in [-0.05, 0) is 12.1 Å². The molecule has 1 fully saturated rings. The molecule has 0 aliphatic carbocycles. The first-order valence-electron chi connectivity index (χ1n) is 5.97. The normalized spacial score (nSPS) is 17.9. The van der Waals surface area contributed by atoms with Crippen molar-refractivity contribution < 1.29 is 8.42 Å². The Morgan fingerprint density at radius 1 is 1.22 bits per heavy atom. The molecular formula is C11H18N4O2S. The fourth-order valence-corrected chi connectivity index (χ4v) is 3.29. The van der Waals surface area contributed by atoms with Crippen LogP contribution in [0.4, 0.5) is 5.82 Å². The molecule has 0 amide bonds. The third-order valence-corrected chi connectivity index (χ3v) is 4.88. The Hall–Kier alpha value is -1.18. The highest BCUT2D eigenvalue weighted by molar-refractivity contribution is 7.89. The first-order chi connectivity index (χ1) is 8.63. The molecule has 0 aromatic carbocycles. The number of hydrogen-bond donors (Lipinski definition) is 1. The summed E-state index contributed by atoms with van der Waals surface area (Å²) in [5.41, 5.74) is 5.31. The van der Waals surface area contributed by atoms with Gasteiger partial charge >= 0.3 is 0 Å². The molecule has 1 saturated heterocycles. The minimum absolute atomic E-state index is 0.0244. The number of aromatic nitrogens is 1. The number of anilines is 1. The van der Waals surface area contributed by atoms with Crippen molar-refractivity contribution in [2.24, 2.45) is 5.73 Å². The summed E-state index contributed by atoms with van der Waals surface area (Å²) < 4.78 is 25.2. The SMILES string of the molecule is NCCS(=O)(=O)N1CCN(c2ccccn2)CC1. The average Bonchev–Trinajstić information content (AvgIpc) is 2.40. The first-order valence-corrected chi connectivity index (χ1v) is 7.58. The van der Waals surface area contributed by atoms with Crippen molar-refractivity contribution in [1.29, 1.82) is 0 Å². The Morgan fingerprint density at radius 3 is 2.50 bits per heavy atom. The first kappa shape index (κ1) is 13.3. The van der Waals surface area contributed by atoms with Crippen molar-refractivity contribution in [2.75, 3.05) is 43.4 Å². The molecule has 1 aromatic heterocycles. The van der Waals surface area contributed by atoms with Gasteiger partial charge < -0.3 is 10.6 Å². The number of piperazine rings is 1. The molecule has 1 aliphatic rings. The molecule has 0 atom stereocenters. The molecule has 18 heavy (non-hydrogen) atoms. The zero-order chi connectivity index (χ0) is 13.0. The molecular weight excluding hydrogens is 252 g/mol. The maximum absolute atomic E-state index is 11.8. The molecule has 7 heteroatoms. The van der Waals surface area contributed by atoms with Gasteiger partial charge in [-0.3, -0.25) is 0 Å². The van der Waals surface area contributed by atoms with Gasteiger partial charge in [0.1, 0.15) is 5.82 Å². The van der Waals surface area contributed by atoms with Crippen LogP contribution in [0.15, 0.2) is 24.4 Å². The van der Waals surface area contributed by atoms with Gasteiger partial charge in [-0.2, -0.15) is 4.31 Å². The highest BCUT2D eigenvalue weighted by Gasteiger charge is 2.26. The minimum atomic E-state index is -3.18. The minimum Gasteiger partial charge on any atom is -0.354 e. The Morgan fingerprint density at radius 2 is 1.94 bits per heavy atom. The van der Waals surface area contributed by atoms with Gasteiger partial charge in [0, 0.05) is 38.9 Å². The third kappa shape index (κ3) is 2.98. The second kappa shape index (κ2) is 5.64. The number of nitrogens with two attached hydrogens (primary N) is 1.